The van der Waals surface area contributed by atoms with Crippen LogP contribution in [0.4, 0.5) is 5.69 Å². The van der Waals surface area contributed by atoms with E-state index in [4.69, 9.17) is 0 Å². The van der Waals surface area contributed by atoms with Gasteiger partial charge in [-0.1, -0.05) is 28.1 Å². The van der Waals surface area contributed by atoms with E-state index in [1.807, 2.05) is 24.5 Å². The monoisotopic (exact) mass is 442 g/mol. The molecule has 0 saturated carbocycles. The number of nitrogens with zero attached hydrogens (tertiary/aromatic N) is 4. The van der Waals surface area contributed by atoms with E-state index in [1.54, 1.807) is 0 Å². The Labute approximate surface area is 175 Å². The van der Waals surface area contributed by atoms with Crippen molar-refractivity contribution in [3.05, 3.63) is 58.8 Å². The Morgan fingerprint density at radius 1 is 0.929 bits per heavy atom. The number of aromatic nitrogens is 1. The maximum absolute atomic E-state index is 13.0. The van der Waals surface area contributed by atoms with Gasteiger partial charge in [-0.3, -0.25) is 14.7 Å². The van der Waals surface area contributed by atoms with Gasteiger partial charge in [-0.05, 0) is 42.7 Å². The number of pyridine rings is 1. The van der Waals surface area contributed by atoms with Gasteiger partial charge in [0, 0.05) is 74.3 Å². The minimum atomic E-state index is 0.177. The number of anilines is 1. The highest BCUT2D eigenvalue weighted by atomic mass is 79.9. The molecule has 148 valence electrons. The topological polar surface area (TPSA) is 39.7 Å². The van der Waals surface area contributed by atoms with Gasteiger partial charge in [0.25, 0.3) is 0 Å². The third-order valence-electron chi connectivity index (χ3n) is 5.88. The van der Waals surface area contributed by atoms with Crippen LogP contribution in [0.3, 0.4) is 0 Å². The Bertz CT molecular complexity index is 767. The highest BCUT2D eigenvalue weighted by molar-refractivity contribution is 9.10. The van der Waals surface area contributed by atoms with E-state index in [9.17, 15) is 4.79 Å². The lowest BCUT2D eigenvalue weighted by Gasteiger charge is -2.39. The molecule has 6 heteroatoms. The van der Waals surface area contributed by atoms with Gasteiger partial charge in [-0.15, -0.1) is 0 Å². The van der Waals surface area contributed by atoms with Crippen LogP contribution in [0.25, 0.3) is 0 Å². The number of carbonyl (C=O) groups is 1. The predicted octanol–water partition coefficient (Wildman–Crippen LogP) is 3.40. The summed E-state index contributed by atoms with van der Waals surface area (Å²) in [5.41, 5.74) is 2.54. The number of halogens is 1. The first-order valence-electron chi connectivity index (χ1n) is 10.1. The number of carbonyl (C=O) groups excluding carboxylic acids is 1. The van der Waals surface area contributed by atoms with Crippen LogP contribution >= 0.6 is 15.9 Å². The number of hydrogen-bond acceptors (Lipinski definition) is 4. The smallest absolute Gasteiger partial charge is 0.225 e. The van der Waals surface area contributed by atoms with Gasteiger partial charge < -0.3 is 9.80 Å². The molecular formula is C22H27BrN4O. The molecular weight excluding hydrogens is 416 g/mol. The molecule has 4 rings (SSSR count). The minimum absolute atomic E-state index is 0.177. The SMILES string of the molecule is O=C(C1CCN(c2ccncc2)CC1)N1CCN(Cc2ccc(Br)cc2)CC1. The van der Waals surface area contributed by atoms with Gasteiger partial charge in [0.2, 0.25) is 5.91 Å². The lowest BCUT2D eigenvalue weighted by Crippen LogP contribution is -2.51. The molecule has 2 saturated heterocycles. The molecule has 0 N–H and O–H groups in total. The van der Waals surface area contributed by atoms with Crippen LogP contribution in [0.15, 0.2) is 53.3 Å². The molecule has 0 aliphatic carbocycles. The maximum Gasteiger partial charge on any atom is 0.225 e. The Morgan fingerprint density at radius 3 is 2.21 bits per heavy atom. The molecule has 0 spiro atoms. The van der Waals surface area contributed by atoms with Crippen LogP contribution < -0.4 is 4.90 Å². The second kappa shape index (κ2) is 9.05. The van der Waals surface area contributed by atoms with Crippen LogP contribution in [0, 0.1) is 5.92 Å². The molecule has 2 fully saturated rings. The van der Waals surface area contributed by atoms with Crippen LogP contribution in [0.5, 0.6) is 0 Å². The first-order valence-corrected chi connectivity index (χ1v) is 10.9. The van der Waals surface area contributed by atoms with Crippen molar-refractivity contribution in [2.45, 2.75) is 19.4 Å². The maximum atomic E-state index is 13.0. The predicted molar refractivity (Wildman–Crippen MR) is 115 cm³/mol. The number of piperidine rings is 1. The molecule has 1 amide bonds. The quantitative estimate of drug-likeness (QED) is 0.727. The van der Waals surface area contributed by atoms with Gasteiger partial charge in [0.15, 0.2) is 0 Å². The first kappa shape index (κ1) is 19.4. The van der Waals surface area contributed by atoms with E-state index < -0.39 is 0 Å². The van der Waals surface area contributed by atoms with Gasteiger partial charge >= 0.3 is 0 Å². The zero-order valence-corrected chi connectivity index (χ0v) is 17.7. The number of piperazine rings is 1. The third kappa shape index (κ3) is 4.73. The van der Waals surface area contributed by atoms with Gasteiger partial charge in [0.05, 0.1) is 0 Å². The van der Waals surface area contributed by atoms with E-state index in [-0.39, 0.29) is 5.92 Å². The average molecular weight is 443 g/mol. The highest BCUT2D eigenvalue weighted by Gasteiger charge is 2.30. The summed E-state index contributed by atoms with van der Waals surface area (Å²) in [6.45, 7) is 6.46. The Hall–Kier alpha value is -1.92. The van der Waals surface area contributed by atoms with Crippen molar-refractivity contribution in [1.82, 2.24) is 14.8 Å². The number of rotatable bonds is 4. The molecule has 1 aromatic carbocycles. The van der Waals surface area contributed by atoms with Crippen molar-refractivity contribution in [2.75, 3.05) is 44.2 Å². The highest BCUT2D eigenvalue weighted by Crippen LogP contribution is 2.24. The van der Waals surface area contributed by atoms with Crippen molar-refractivity contribution < 1.29 is 4.79 Å². The average Bonchev–Trinajstić information content (AvgIpc) is 2.76. The van der Waals surface area contributed by atoms with E-state index >= 15 is 0 Å². The summed E-state index contributed by atoms with van der Waals surface area (Å²) in [7, 11) is 0. The molecule has 0 unspecified atom stereocenters. The van der Waals surface area contributed by atoms with Crippen LogP contribution in [-0.2, 0) is 11.3 Å². The molecule has 28 heavy (non-hydrogen) atoms. The fraction of sp³-hybridized carbons (Fsp3) is 0.455. The van der Waals surface area contributed by atoms with Crippen LogP contribution in [0.2, 0.25) is 0 Å². The second-order valence-corrected chi connectivity index (χ2v) is 8.61. The Morgan fingerprint density at radius 2 is 1.57 bits per heavy atom. The van der Waals surface area contributed by atoms with E-state index in [0.29, 0.717) is 5.91 Å². The summed E-state index contributed by atoms with van der Waals surface area (Å²) >= 11 is 3.49. The molecule has 1 aromatic heterocycles. The summed E-state index contributed by atoms with van der Waals surface area (Å²) in [4.78, 5) is 24.0. The molecule has 0 atom stereocenters. The lowest BCUT2D eigenvalue weighted by molar-refractivity contribution is -0.138. The third-order valence-corrected chi connectivity index (χ3v) is 6.40. The molecule has 0 radical (unpaired) electrons. The van der Waals surface area contributed by atoms with Crippen molar-refractivity contribution >= 4 is 27.5 Å². The summed E-state index contributed by atoms with van der Waals surface area (Å²) in [5, 5.41) is 0. The van der Waals surface area contributed by atoms with Gasteiger partial charge in [-0.25, -0.2) is 0 Å². The summed E-state index contributed by atoms with van der Waals surface area (Å²) in [6.07, 6.45) is 5.56. The summed E-state index contributed by atoms with van der Waals surface area (Å²) < 4.78 is 1.11. The number of amides is 1. The van der Waals surface area contributed by atoms with Crippen molar-refractivity contribution in [1.29, 1.82) is 0 Å². The zero-order valence-electron chi connectivity index (χ0n) is 16.1. The summed E-state index contributed by atoms with van der Waals surface area (Å²) in [6, 6.07) is 12.6. The Balaban J connectivity index is 1.24. The lowest BCUT2D eigenvalue weighted by atomic mass is 9.94. The molecule has 0 bridgehead atoms. The molecule has 2 aliphatic heterocycles. The molecule has 2 aromatic rings. The minimum Gasteiger partial charge on any atom is -0.371 e. The zero-order chi connectivity index (χ0) is 19.3. The van der Waals surface area contributed by atoms with Crippen molar-refractivity contribution in [3.63, 3.8) is 0 Å². The first-order chi connectivity index (χ1) is 13.7. The molecule has 3 heterocycles. The Kier molecular flexibility index (Phi) is 6.27. The largest absolute Gasteiger partial charge is 0.371 e. The molecule has 5 nitrogen and oxygen atoms in total. The van der Waals surface area contributed by atoms with Crippen molar-refractivity contribution in [2.24, 2.45) is 5.92 Å². The second-order valence-electron chi connectivity index (χ2n) is 7.69. The normalized spacial score (nSPS) is 19.0. The molecule has 2 aliphatic rings. The summed E-state index contributed by atoms with van der Waals surface area (Å²) in [5.74, 6) is 0.536. The van der Waals surface area contributed by atoms with Crippen molar-refractivity contribution in [3.8, 4) is 0 Å². The number of hydrogen-bond donors (Lipinski definition) is 0. The van der Waals surface area contributed by atoms with Crippen LogP contribution in [-0.4, -0.2) is 60.0 Å². The van der Waals surface area contributed by atoms with E-state index in [2.05, 4.69) is 59.9 Å². The fourth-order valence-corrected chi connectivity index (χ4v) is 4.44. The van der Waals surface area contributed by atoms with Gasteiger partial charge in [0.1, 0.15) is 0 Å². The standard InChI is InChI=1S/C22H27BrN4O/c23-20-3-1-18(2-4-20)17-25-13-15-27(16-14-25)22(28)19-7-11-26(12-8-19)21-5-9-24-10-6-21/h1-6,9-10,19H,7-8,11-17H2. The number of benzene rings is 1. The fourth-order valence-electron chi connectivity index (χ4n) is 4.17. The van der Waals surface area contributed by atoms with Gasteiger partial charge in [-0.2, -0.15) is 0 Å². The van der Waals surface area contributed by atoms with E-state index in [0.717, 1.165) is 63.1 Å². The van der Waals surface area contributed by atoms with E-state index in [1.165, 1.54) is 11.3 Å². The van der Waals surface area contributed by atoms with Crippen LogP contribution in [0.1, 0.15) is 18.4 Å².